The second kappa shape index (κ2) is 3.64. The van der Waals surface area contributed by atoms with Crippen molar-refractivity contribution < 1.29 is 9.59 Å². The van der Waals surface area contributed by atoms with Gasteiger partial charge < -0.3 is 0 Å². The molecule has 0 fully saturated rings. The zero-order valence-electron chi connectivity index (χ0n) is 10.4. The van der Waals surface area contributed by atoms with E-state index < -0.39 is 0 Å². The molecule has 2 aliphatic carbocycles. The first kappa shape index (κ1) is 10.7. The van der Waals surface area contributed by atoms with E-state index in [0.29, 0.717) is 6.42 Å². The van der Waals surface area contributed by atoms with Crippen molar-refractivity contribution in [1.82, 2.24) is 0 Å². The summed E-state index contributed by atoms with van der Waals surface area (Å²) in [5.41, 5.74) is 3.65. The van der Waals surface area contributed by atoms with Gasteiger partial charge in [0.25, 0.3) is 0 Å². The molecule has 0 radical (unpaired) electrons. The summed E-state index contributed by atoms with van der Waals surface area (Å²) in [6.45, 7) is 0. The Morgan fingerprint density at radius 2 is 1.63 bits per heavy atom. The van der Waals surface area contributed by atoms with Gasteiger partial charge in [-0.25, -0.2) is 0 Å². The van der Waals surface area contributed by atoms with Gasteiger partial charge in [0, 0.05) is 24.0 Å². The molecule has 2 heteroatoms. The molecule has 0 N–H and O–H groups in total. The van der Waals surface area contributed by atoms with Gasteiger partial charge in [0.2, 0.25) is 0 Å². The number of allylic oxidation sites excluding steroid dienone is 2. The van der Waals surface area contributed by atoms with E-state index in [4.69, 9.17) is 0 Å². The van der Waals surface area contributed by atoms with E-state index in [1.165, 1.54) is 0 Å². The molecule has 2 nitrogen and oxygen atoms in total. The van der Waals surface area contributed by atoms with E-state index in [1.54, 1.807) is 0 Å². The van der Waals surface area contributed by atoms with Crippen molar-refractivity contribution in [3.8, 4) is 0 Å². The Kier molecular flexibility index (Phi) is 2.05. The van der Waals surface area contributed by atoms with Gasteiger partial charge in [0.1, 0.15) is 0 Å². The lowest BCUT2D eigenvalue weighted by atomic mass is 9.83. The zero-order valence-corrected chi connectivity index (χ0v) is 10.4. The second-order valence-electron chi connectivity index (χ2n) is 5.19. The SMILES string of the molecule is O=C1CCC2=C1CC(=O)c1c2ccc2ccccc12. The highest BCUT2D eigenvalue weighted by atomic mass is 16.1. The molecule has 0 heterocycles. The van der Waals surface area contributed by atoms with Crippen molar-refractivity contribution in [2.45, 2.75) is 19.3 Å². The van der Waals surface area contributed by atoms with Crippen LogP contribution in [0.2, 0.25) is 0 Å². The maximum absolute atomic E-state index is 12.4. The summed E-state index contributed by atoms with van der Waals surface area (Å²) in [4.78, 5) is 24.2. The van der Waals surface area contributed by atoms with Crippen LogP contribution in [0.5, 0.6) is 0 Å². The summed E-state index contributed by atoms with van der Waals surface area (Å²) in [5, 5.41) is 2.10. The molecule has 0 atom stereocenters. The van der Waals surface area contributed by atoms with E-state index in [2.05, 4.69) is 0 Å². The molecule has 2 aliphatic rings. The lowest BCUT2D eigenvalue weighted by Gasteiger charge is -2.19. The molecule has 0 spiro atoms. The van der Waals surface area contributed by atoms with Crippen LogP contribution in [-0.4, -0.2) is 11.6 Å². The van der Waals surface area contributed by atoms with Crippen molar-refractivity contribution in [2.75, 3.05) is 0 Å². The van der Waals surface area contributed by atoms with Crippen LogP contribution in [0.4, 0.5) is 0 Å². The largest absolute Gasteiger partial charge is 0.295 e. The predicted molar refractivity (Wildman–Crippen MR) is 74.1 cm³/mol. The summed E-state index contributed by atoms with van der Waals surface area (Å²) in [6.07, 6.45) is 1.63. The van der Waals surface area contributed by atoms with E-state index in [1.807, 2.05) is 36.4 Å². The molecule has 2 aromatic carbocycles. The predicted octanol–water partition coefficient (Wildman–Crippen LogP) is 3.54. The number of hydrogen-bond acceptors (Lipinski definition) is 2. The first-order valence-corrected chi connectivity index (χ1v) is 6.56. The zero-order chi connectivity index (χ0) is 13.0. The maximum atomic E-state index is 12.4. The molecule has 0 amide bonds. The fourth-order valence-corrected chi connectivity index (χ4v) is 3.28. The lowest BCUT2D eigenvalue weighted by molar-refractivity contribution is -0.115. The van der Waals surface area contributed by atoms with Crippen LogP contribution in [0, 0.1) is 0 Å². The minimum absolute atomic E-state index is 0.0841. The van der Waals surface area contributed by atoms with Gasteiger partial charge in [-0.1, -0.05) is 36.4 Å². The van der Waals surface area contributed by atoms with Crippen molar-refractivity contribution in [1.29, 1.82) is 0 Å². The normalized spacial score (nSPS) is 17.9. The van der Waals surface area contributed by atoms with Gasteiger partial charge in [-0.3, -0.25) is 9.59 Å². The summed E-state index contributed by atoms with van der Waals surface area (Å²) in [7, 11) is 0. The molecule has 0 aliphatic heterocycles. The molecule has 0 unspecified atom stereocenters. The van der Waals surface area contributed by atoms with Gasteiger partial charge in [0.05, 0.1) is 0 Å². The van der Waals surface area contributed by atoms with Crippen molar-refractivity contribution >= 4 is 27.9 Å². The van der Waals surface area contributed by atoms with Crippen LogP contribution < -0.4 is 0 Å². The number of carbonyl (C=O) groups is 2. The van der Waals surface area contributed by atoms with Crippen LogP contribution in [0.15, 0.2) is 42.0 Å². The minimum Gasteiger partial charge on any atom is -0.295 e. The van der Waals surface area contributed by atoms with Gasteiger partial charge in [-0.2, -0.15) is 0 Å². The van der Waals surface area contributed by atoms with E-state index in [0.717, 1.165) is 39.5 Å². The second-order valence-corrected chi connectivity index (χ2v) is 5.19. The van der Waals surface area contributed by atoms with Crippen molar-refractivity contribution in [3.63, 3.8) is 0 Å². The smallest absolute Gasteiger partial charge is 0.168 e. The molecular weight excluding hydrogens is 236 g/mol. The third-order valence-electron chi connectivity index (χ3n) is 4.17. The van der Waals surface area contributed by atoms with Gasteiger partial charge >= 0.3 is 0 Å². The molecule has 92 valence electrons. The van der Waals surface area contributed by atoms with Crippen molar-refractivity contribution in [2.24, 2.45) is 0 Å². The Balaban J connectivity index is 2.10. The Labute approximate surface area is 110 Å². The van der Waals surface area contributed by atoms with Gasteiger partial charge in [-0.05, 0) is 28.3 Å². The number of fused-ring (bicyclic) bond motifs is 4. The van der Waals surface area contributed by atoms with Crippen LogP contribution in [0.3, 0.4) is 0 Å². The van der Waals surface area contributed by atoms with E-state index in [-0.39, 0.29) is 18.0 Å². The first-order valence-electron chi connectivity index (χ1n) is 6.56. The maximum Gasteiger partial charge on any atom is 0.168 e. The van der Waals surface area contributed by atoms with Crippen LogP contribution in [-0.2, 0) is 4.79 Å². The number of Topliss-reactive ketones (excluding diaryl/α,β-unsaturated/α-hetero) is 2. The molecule has 0 saturated carbocycles. The molecule has 0 bridgehead atoms. The highest BCUT2D eigenvalue weighted by Gasteiger charge is 2.33. The summed E-state index contributed by atoms with van der Waals surface area (Å²) in [6, 6.07) is 12.0. The summed E-state index contributed by atoms with van der Waals surface area (Å²) in [5.74, 6) is 0.239. The van der Waals surface area contributed by atoms with Crippen LogP contribution in [0.1, 0.15) is 35.2 Å². The monoisotopic (exact) mass is 248 g/mol. The highest BCUT2D eigenvalue weighted by molar-refractivity contribution is 6.22. The standard InChI is InChI=1S/C17H12O2/c18-15-8-7-12-13-6-5-10-3-1-2-4-11(10)17(13)16(19)9-14(12)15/h1-6H,7-9H2. The third kappa shape index (κ3) is 1.37. The van der Waals surface area contributed by atoms with Crippen LogP contribution >= 0.6 is 0 Å². The topological polar surface area (TPSA) is 34.1 Å². The number of hydrogen-bond donors (Lipinski definition) is 0. The molecule has 19 heavy (non-hydrogen) atoms. The fourth-order valence-electron chi connectivity index (χ4n) is 3.28. The van der Waals surface area contributed by atoms with Gasteiger partial charge in [0.15, 0.2) is 11.6 Å². The average Bonchev–Trinajstić information content (AvgIpc) is 2.80. The quantitative estimate of drug-likeness (QED) is 0.714. The number of ketones is 2. The van der Waals surface area contributed by atoms with E-state index in [9.17, 15) is 9.59 Å². The molecule has 2 aromatic rings. The number of rotatable bonds is 0. The molecular formula is C17H12O2. The third-order valence-corrected chi connectivity index (χ3v) is 4.17. The summed E-state index contributed by atoms with van der Waals surface area (Å²) >= 11 is 0. The number of benzene rings is 2. The molecule has 4 rings (SSSR count). The Morgan fingerprint density at radius 1 is 0.789 bits per heavy atom. The Hall–Kier alpha value is -2.22. The van der Waals surface area contributed by atoms with Crippen LogP contribution in [0.25, 0.3) is 16.3 Å². The number of carbonyl (C=O) groups excluding carboxylic acids is 2. The van der Waals surface area contributed by atoms with Gasteiger partial charge in [-0.15, -0.1) is 0 Å². The Bertz CT molecular complexity index is 781. The molecule has 0 saturated heterocycles. The fraction of sp³-hybridized carbons (Fsp3) is 0.176. The highest BCUT2D eigenvalue weighted by Crippen LogP contribution is 2.41. The average molecular weight is 248 g/mol. The minimum atomic E-state index is 0.0841. The first-order chi connectivity index (χ1) is 9.25. The summed E-state index contributed by atoms with van der Waals surface area (Å²) < 4.78 is 0. The lowest BCUT2D eigenvalue weighted by Crippen LogP contribution is -2.13. The molecule has 0 aromatic heterocycles. The van der Waals surface area contributed by atoms with E-state index >= 15 is 0 Å². The Morgan fingerprint density at radius 3 is 2.53 bits per heavy atom. The van der Waals surface area contributed by atoms with Crippen molar-refractivity contribution in [3.05, 3.63) is 53.1 Å².